The monoisotopic (exact) mass is 487 g/mol. The fraction of sp³-hybridized carbons (Fsp3) is 0.211. The largest absolute Gasteiger partial charge is 0.449 e. The number of carbonyl (C=O) groups excluding carboxylic acids is 2. The van der Waals surface area contributed by atoms with Gasteiger partial charge in [0.25, 0.3) is 11.8 Å². The third-order valence-corrected chi connectivity index (χ3v) is 6.20. The summed E-state index contributed by atoms with van der Waals surface area (Å²) in [5.41, 5.74) is 0.411. The van der Waals surface area contributed by atoms with Crippen LogP contribution < -0.4 is 5.32 Å². The molecule has 156 valence electrons. The fourth-order valence-corrected chi connectivity index (χ4v) is 3.85. The van der Waals surface area contributed by atoms with Crippen molar-refractivity contribution in [2.75, 3.05) is 31.6 Å². The maximum atomic E-state index is 13.1. The highest BCUT2D eigenvalue weighted by molar-refractivity contribution is 6.52. The maximum Gasteiger partial charge on any atom is 0.291 e. The Morgan fingerprint density at radius 2 is 1.70 bits per heavy atom. The molecule has 0 aliphatic carbocycles. The maximum absolute atomic E-state index is 13.1. The van der Waals surface area contributed by atoms with Gasteiger partial charge in [-0.2, -0.15) is 0 Å². The van der Waals surface area contributed by atoms with E-state index in [2.05, 4.69) is 10.3 Å². The Bertz CT molecular complexity index is 1160. The van der Waals surface area contributed by atoms with E-state index >= 15 is 0 Å². The SMILES string of the molecule is O=C(Nc1c(C(=O)N2CCOCC2)oc2ccccc12)c1nc(Cl)c(Cl)c(Cl)c1Cl. The van der Waals surface area contributed by atoms with E-state index in [9.17, 15) is 9.59 Å². The lowest BCUT2D eigenvalue weighted by Gasteiger charge is -2.26. The molecule has 3 aromatic rings. The number of anilines is 1. The second kappa shape index (κ2) is 8.61. The molecule has 2 aromatic heterocycles. The molecule has 1 aromatic carbocycles. The number of ether oxygens (including phenoxy) is 1. The number of benzene rings is 1. The topological polar surface area (TPSA) is 84.7 Å². The van der Waals surface area contributed by atoms with Gasteiger partial charge in [0.05, 0.1) is 28.3 Å². The molecule has 11 heteroatoms. The molecule has 0 spiro atoms. The van der Waals surface area contributed by atoms with Crippen molar-refractivity contribution in [3.8, 4) is 0 Å². The van der Waals surface area contributed by atoms with E-state index in [1.807, 2.05) is 0 Å². The van der Waals surface area contributed by atoms with E-state index in [0.29, 0.717) is 37.3 Å². The van der Waals surface area contributed by atoms with Crippen LogP contribution in [0, 0.1) is 0 Å². The van der Waals surface area contributed by atoms with Gasteiger partial charge in [0, 0.05) is 18.5 Å². The summed E-state index contributed by atoms with van der Waals surface area (Å²) in [5.74, 6) is -1.09. The number of morpholine rings is 1. The minimum Gasteiger partial charge on any atom is -0.449 e. The Labute approximate surface area is 190 Å². The van der Waals surface area contributed by atoms with Crippen molar-refractivity contribution < 1.29 is 18.7 Å². The molecule has 1 saturated heterocycles. The molecule has 2 amide bonds. The summed E-state index contributed by atoms with van der Waals surface area (Å²) in [4.78, 5) is 31.5. The van der Waals surface area contributed by atoms with Crippen LogP contribution in [0.5, 0.6) is 0 Å². The molecule has 0 bridgehead atoms. The number of carbonyl (C=O) groups is 2. The molecule has 1 N–H and O–H groups in total. The number of amides is 2. The zero-order valence-corrected chi connectivity index (χ0v) is 18.2. The Balaban J connectivity index is 1.75. The van der Waals surface area contributed by atoms with Gasteiger partial charge in [-0.15, -0.1) is 0 Å². The molecule has 0 unspecified atom stereocenters. The van der Waals surface area contributed by atoms with Crippen LogP contribution in [0.15, 0.2) is 28.7 Å². The van der Waals surface area contributed by atoms with Crippen LogP contribution in [0.3, 0.4) is 0 Å². The number of hydrogen-bond acceptors (Lipinski definition) is 5. The molecule has 1 aliphatic heterocycles. The Morgan fingerprint density at radius 3 is 2.43 bits per heavy atom. The number of halogens is 4. The molecule has 0 atom stereocenters. The van der Waals surface area contributed by atoms with Gasteiger partial charge in [0.1, 0.15) is 22.1 Å². The minimum atomic E-state index is -0.719. The summed E-state index contributed by atoms with van der Waals surface area (Å²) >= 11 is 24.0. The van der Waals surface area contributed by atoms with Crippen molar-refractivity contribution in [1.82, 2.24) is 9.88 Å². The van der Waals surface area contributed by atoms with E-state index < -0.39 is 5.91 Å². The zero-order valence-electron chi connectivity index (χ0n) is 15.2. The Kier molecular flexibility index (Phi) is 6.09. The summed E-state index contributed by atoms with van der Waals surface area (Å²) in [6.45, 7) is 1.68. The quantitative estimate of drug-likeness (QED) is 0.514. The zero-order chi connectivity index (χ0) is 21.4. The van der Waals surface area contributed by atoms with Crippen LogP contribution in [-0.2, 0) is 4.74 Å². The smallest absolute Gasteiger partial charge is 0.291 e. The number of rotatable bonds is 3. The van der Waals surface area contributed by atoms with Crippen LogP contribution >= 0.6 is 46.4 Å². The van der Waals surface area contributed by atoms with Gasteiger partial charge in [0.15, 0.2) is 0 Å². The number of para-hydroxylation sites is 1. The lowest BCUT2D eigenvalue weighted by Crippen LogP contribution is -2.40. The Hall–Kier alpha value is -2.03. The summed E-state index contributed by atoms with van der Waals surface area (Å²) < 4.78 is 11.1. The molecule has 0 radical (unpaired) electrons. The second-order valence-electron chi connectivity index (χ2n) is 6.35. The van der Waals surface area contributed by atoms with Crippen LogP contribution in [0.25, 0.3) is 11.0 Å². The normalized spacial score (nSPS) is 14.2. The highest BCUT2D eigenvalue weighted by atomic mass is 35.5. The van der Waals surface area contributed by atoms with Crippen molar-refractivity contribution in [2.45, 2.75) is 0 Å². The first-order valence-electron chi connectivity index (χ1n) is 8.78. The number of pyridine rings is 1. The fourth-order valence-electron chi connectivity index (χ4n) is 3.04. The average molecular weight is 489 g/mol. The van der Waals surface area contributed by atoms with Crippen molar-refractivity contribution in [1.29, 1.82) is 0 Å². The number of nitrogens with zero attached hydrogens (tertiary/aromatic N) is 2. The van der Waals surface area contributed by atoms with Gasteiger partial charge in [-0.05, 0) is 12.1 Å². The molecule has 30 heavy (non-hydrogen) atoms. The van der Waals surface area contributed by atoms with E-state index in [4.69, 9.17) is 55.6 Å². The number of fused-ring (bicyclic) bond motifs is 1. The second-order valence-corrected chi connectivity index (χ2v) is 7.85. The van der Waals surface area contributed by atoms with Crippen LogP contribution in [0.1, 0.15) is 21.0 Å². The first kappa shape index (κ1) is 21.2. The van der Waals surface area contributed by atoms with Crippen LogP contribution in [0.2, 0.25) is 20.2 Å². The van der Waals surface area contributed by atoms with Crippen LogP contribution in [0.4, 0.5) is 5.69 Å². The molecule has 4 rings (SSSR count). The highest BCUT2D eigenvalue weighted by Crippen LogP contribution is 2.37. The highest BCUT2D eigenvalue weighted by Gasteiger charge is 2.29. The number of hydrogen-bond donors (Lipinski definition) is 1. The lowest BCUT2D eigenvalue weighted by molar-refractivity contribution is 0.0285. The standard InChI is InChI=1S/C19H13Cl4N3O4/c20-11-12(21)15(24-17(23)13(11)22)18(27)25-14-9-3-1-2-4-10(9)30-16(14)19(28)26-5-7-29-8-6-26/h1-4H,5-8H2,(H,25,27). The first-order chi connectivity index (χ1) is 14.4. The first-order valence-corrected chi connectivity index (χ1v) is 10.3. The van der Waals surface area contributed by atoms with Crippen molar-refractivity contribution in [3.05, 3.63) is 55.9 Å². The molecule has 0 saturated carbocycles. The van der Waals surface area contributed by atoms with Gasteiger partial charge in [-0.3, -0.25) is 9.59 Å². The molecule has 1 aliphatic rings. The van der Waals surface area contributed by atoms with E-state index in [-0.39, 0.29) is 43.3 Å². The molecular formula is C19H13Cl4N3O4. The van der Waals surface area contributed by atoms with Crippen molar-refractivity contribution in [3.63, 3.8) is 0 Å². The predicted molar refractivity (Wildman–Crippen MR) is 115 cm³/mol. The molecule has 3 heterocycles. The third-order valence-electron chi connectivity index (χ3n) is 4.53. The number of nitrogens with one attached hydrogen (secondary N) is 1. The van der Waals surface area contributed by atoms with Crippen molar-refractivity contribution >= 4 is 74.9 Å². The van der Waals surface area contributed by atoms with E-state index in [1.54, 1.807) is 29.2 Å². The number of aromatic nitrogens is 1. The lowest BCUT2D eigenvalue weighted by atomic mass is 10.2. The van der Waals surface area contributed by atoms with Gasteiger partial charge in [-0.1, -0.05) is 58.5 Å². The molecule has 1 fully saturated rings. The Morgan fingerprint density at radius 1 is 1.00 bits per heavy atom. The predicted octanol–water partition coefficient (Wildman–Crippen LogP) is 5.17. The summed E-state index contributed by atoms with van der Waals surface area (Å²) in [6, 6.07) is 6.94. The third kappa shape index (κ3) is 3.84. The average Bonchev–Trinajstić information content (AvgIpc) is 3.13. The van der Waals surface area contributed by atoms with Crippen molar-refractivity contribution in [2.24, 2.45) is 0 Å². The minimum absolute atomic E-state index is 0.00581. The van der Waals surface area contributed by atoms with E-state index in [1.165, 1.54) is 0 Å². The summed E-state index contributed by atoms with van der Waals surface area (Å²) in [5, 5.41) is 2.74. The van der Waals surface area contributed by atoms with Gasteiger partial charge < -0.3 is 19.4 Å². The van der Waals surface area contributed by atoms with Gasteiger partial charge in [0.2, 0.25) is 5.76 Å². The van der Waals surface area contributed by atoms with Gasteiger partial charge >= 0.3 is 0 Å². The summed E-state index contributed by atoms with van der Waals surface area (Å²) in [6.07, 6.45) is 0. The van der Waals surface area contributed by atoms with Crippen LogP contribution in [-0.4, -0.2) is 48.0 Å². The molecular weight excluding hydrogens is 476 g/mol. The molecule has 7 nitrogen and oxygen atoms in total. The van der Waals surface area contributed by atoms with E-state index in [0.717, 1.165) is 0 Å². The van der Waals surface area contributed by atoms with Gasteiger partial charge in [-0.25, -0.2) is 4.98 Å². The summed E-state index contributed by atoms with van der Waals surface area (Å²) in [7, 11) is 0. The number of furan rings is 1.